The molecule has 132 valence electrons. The molecule has 4 heteroatoms. The average Bonchev–Trinajstić information content (AvgIpc) is 2.63. The van der Waals surface area contributed by atoms with Gasteiger partial charge in [-0.2, -0.15) is 0 Å². The van der Waals surface area contributed by atoms with Crippen molar-refractivity contribution in [3.63, 3.8) is 0 Å². The van der Waals surface area contributed by atoms with Crippen molar-refractivity contribution in [3.8, 4) is 0 Å². The zero-order valence-corrected chi connectivity index (χ0v) is 15.4. The average molecular weight is 348 g/mol. The molecule has 0 fully saturated rings. The van der Waals surface area contributed by atoms with Gasteiger partial charge in [-0.05, 0) is 0 Å². The molecule has 0 saturated carbocycles. The molecule has 0 amide bonds. The Labute approximate surface area is 145 Å². The van der Waals surface area contributed by atoms with Gasteiger partial charge in [0.2, 0.25) is 0 Å². The van der Waals surface area contributed by atoms with Crippen molar-refractivity contribution < 1.29 is 14.3 Å². The maximum absolute atomic E-state index is 11.3. The summed E-state index contributed by atoms with van der Waals surface area (Å²) >= 11 is 0. The van der Waals surface area contributed by atoms with Gasteiger partial charge in [0.15, 0.2) is 0 Å². The summed E-state index contributed by atoms with van der Waals surface area (Å²) in [6.45, 7) is 2.55. The zero-order valence-electron chi connectivity index (χ0n) is 14.5. The quantitative estimate of drug-likeness (QED) is 0.497. The summed E-state index contributed by atoms with van der Waals surface area (Å²) in [5.74, 6) is 0. The van der Waals surface area contributed by atoms with E-state index in [0.29, 0.717) is 17.2 Å². The van der Waals surface area contributed by atoms with Gasteiger partial charge in [0, 0.05) is 0 Å². The van der Waals surface area contributed by atoms with Crippen LogP contribution < -0.4 is 10.6 Å². The summed E-state index contributed by atoms with van der Waals surface area (Å²) < 4.78 is 5.84. The van der Waals surface area contributed by atoms with E-state index in [0.717, 1.165) is 12.8 Å². The van der Waals surface area contributed by atoms with E-state index >= 15 is 0 Å². The Morgan fingerprint density at radius 1 is 0.708 bits per heavy atom. The van der Waals surface area contributed by atoms with E-state index in [1.54, 1.807) is 48.5 Å². The van der Waals surface area contributed by atoms with Crippen molar-refractivity contribution in [1.82, 2.24) is 0 Å². The third-order valence-electron chi connectivity index (χ3n) is 4.28. The molecule has 0 bridgehead atoms. The predicted molar refractivity (Wildman–Crippen MR) is 103 cm³/mol. The maximum atomic E-state index is 11.3. The molecule has 0 heterocycles. The third-order valence-corrected chi connectivity index (χ3v) is 7.41. The molecular formula is C20H29O3P. The molecule has 0 unspecified atom stereocenters. The summed E-state index contributed by atoms with van der Waals surface area (Å²) in [6.07, 6.45) is 6.77. The van der Waals surface area contributed by atoms with Gasteiger partial charge in [-0.3, -0.25) is 0 Å². The van der Waals surface area contributed by atoms with Gasteiger partial charge in [0.05, 0.1) is 0 Å². The molecule has 0 aliphatic rings. The predicted octanol–water partition coefficient (Wildman–Crippen LogP) is 4.30. The van der Waals surface area contributed by atoms with Gasteiger partial charge in [0.25, 0.3) is 0 Å². The second-order valence-electron chi connectivity index (χ2n) is 6.22. The molecule has 3 nitrogen and oxygen atoms in total. The van der Waals surface area contributed by atoms with Crippen molar-refractivity contribution >= 4 is 17.9 Å². The summed E-state index contributed by atoms with van der Waals surface area (Å²) in [5, 5.41) is 0.890. The fourth-order valence-electron chi connectivity index (χ4n) is 2.81. The molecule has 0 aliphatic heterocycles. The standard InChI is InChI=1S/C20H29O3P/c1-2-3-4-5-6-13-18-23-24(21,22,19-14-9-7-10-15-19)20-16-11-8-12-17-20/h7-12,14-17,21-22H,2-6,13,18H2,1H3. The van der Waals surface area contributed by atoms with Gasteiger partial charge >= 0.3 is 145 Å². The number of unbranched alkanes of at least 4 members (excludes halogenated alkanes) is 5. The first kappa shape index (κ1) is 19.1. The third kappa shape index (κ3) is 4.64. The number of hydrogen-bond donors (Lipinski definition) is 2. The monoisotopic (exact) mass is 348 g/mol. The first-order chi connectivity index (χ1) is 11.6. The molecule has 2 rings (SSSR count). The van der Waals surface area contributed by atoms with E-state index in [2.05, 4.69) is 6.92 Å². The minimum absolute atomic E-state index is 0.348. The van der Waals surface area contributed by atoms with Crippen molar-refractivity contribution in [2.45, 2.75) is 45.4 Å². The van der Waals surface area contributed by atoms with E-state index in [9.17, 15) is 9.79 Å². The van der Waals surface area contributed by atoms with E-state index < -0.39 is 7.28 Å². The molecule has 0 radical (unpaired) electrons. The van der Waals surface area contributed by atoms with Crippen LogP contribution in [0.1, 0.15) is 45.4 Å². The van der Waals surface area contributed by atoms with Crippen LogP contribution in [-0.4, -0.2) is 16.4 Å². The molecule has 24 heavy (non-hydrogen) atoms. The van der Waals surface area contributed by atoms with Crippen LogP contribution in [0.3, 0.4) is 0 Å². The fourth-order valence-corrected chi connectivity index (χ4v) is 5.30. The SMILES string of the molecule is CCCCCCCCOP(O)(O)(c1ccccc1)c1ccccc1. The summed E-state index contributed by atoms with van der Waals surface area (Å²) in [6, 6.07) is 17.9. The number of hydrogen-bond acceptors (Lipinski definition) is 3. The number of rotatable bonds is 10. The van der Waals surface area contributed by atoms with Crippen LogP contribution in [0.15, 0.2) is 60.7 Å². The molecule has 2 N–H and O–H groups in total. The summed E-state index contributed by atoms with van der Waals surface area (Å²) in [4.78, 5) is 22.6. The minimum atomic E-state index is -4.57. The van der Waals surface area contributed by atoms with Gasteiger partial charge in [-0.25, -0.2) is 0 Å². The Kier molecular flexibility index (Phi) is 6.94. The normalized spacial score (nSPS) is 13.4. The van der Waals surface area contributed by atoms with Crippen molar-refractivity contribution in [3.05, 3.63) is 60.7 Å². The topological polar surface area (TPSA) is 49.7 Å². The second-order valence-corrected chi connectivity index (χ2v) is 9.40. The zero-order chi connectivity index (χ0) is 17.3. The molecule has 0 aliphatic carbocycles. The van der Waals surface area contributed by atoms with Gasteiger partial charge in [0.1, 0.15) is 0 Å². The van der Waals surface area contributed by atoms with Crippen LogP contribution in [0.4, 0.5) is 0 Å². The number of benzene rings is 2. The van der Waals surface area contributed by atoms with Crippen molar-refractivity contribution in [2.75, 3.05) is 6.61 Å². The Morgan fingerprint density at radius 3 is 1.67 bits per heavy atom. The molecule has 0 atom stereocenters. The van der Waals surface area contributed by atoms with Crippen LogP contribution >= 0.6 is 7.28 Å². The Bertz CT molecular complexity index is 555. The Hall–Kier alpha value is -1.25. The first-order valence-corrected chi connectivity index (χ1v) is 10.9. The Balaban J connectivity index is 2.11. The van der Waals surface area contributed by atoms with Crippen LogP contribution in [0.2, 0.25) is 0 Å². The van der Waals surface area contributed by atoms with Crippen molar-refractivity contribution in [1.29, 1.82) is 0 Å². The van der Waals surface area contributed by atoms with Crippen LogP contribution in [0.25, 0.3) is 0 Å². The molecular weight excluding hydrogens is 319 g/mol. The molecule has 0 aromatic heterocycles. The van der Waals surface area contributed by atoms with Crippen LogP contribution in [0, 0.1) is 0 Å². The van der Waals surface area contributed by atoms with E-state index in [-0.39, 0.29) is 0 Å². The van der Waals surface area contributed by atoms with E-state index in [1.807, 2.05) is 12.1 Å². The van der Waals surface area contributed by atoms with Gasteiger partial charge in [-0.15, -0.1) is 0 Å². The second kappa shape index (κ2) is 8.73. The molecule has 0 spiro atoms. The van der Waals surface area contributed by atoms with Crippen molar-refractivity contribution in [2.24, 2.45) is 0 Å². The van der Waals surface area contributed by atoms with Crippen LogP contribution in [0.5, 0.6) is 0 Å². The van der Waals surface area contributed by atoms with Gasteiger partial charge < -0.3 is 0 Å². The summed E-state index contributed by atoms with van der Waals surface area (Å²) in [7, 11) is -4.57. The fraction of sp³-hybridized carbons (Fsp3) is 0.400. The first-order valence-electron chi connectivity index (χ1n) is 8.85. The van der Waals surface area contributed by atoms with Crippen LogP contribution in [-0.2, 0) is 4.52 Å². The van der Waals surface area contributed by atoms with E-state index in [1.165, 1.54) is 25.7 Å². The molecule has 0 saturated heterocycles. The van der Waals surface area contributed by atoms with E-state index in [4.69, 9.17) is 4.52 Å². The molecule has 2 aromatic rings. The Morgan fingerprint density at radius 2 is 1.17 bits per heavy atom. The summed E-state index contributed by atoms with van der Waals surface area (Å²) in [5.41, 5.74) is 0. The molecule has 2 aromatic carbocycles. The van der Waals surface area contributed by atoms with Gasteiger partial charge in [-0.1, -0.05) is 0 Å².